The maximum atomic E-state index is 13.0. The van der Waals surface area contributed by atoms with Crippen molar-refractivity contribution in [3.05, 3.63) is 34.8 Å². The van der Waals surface area contributed by atoms with Crippen LogP contribution in [-0.2, 0) is 0 Å². The molecule has 0 aliphatic carbocycles. The predicted octanol–water partition coefficient (Wildman–Crippen LogP) is 3.02. The van der Waals surface area contributed by atoms with Gasteiger partial charge in [0.15, 0.2) is 0 Å². The van der Waals surface area contributed by atoms with Crippen LogP contribution >= 0.6 is 31.9 Å². The molecule has 1 atom stereocenters. The summed E-state index contributed by atoms with van der Waals surface area (Å²) in [7, 11) is 0. The molecule has 0 N–H and O–H groups in total. The molecule has 0 fully saturated rings. The van der Waals surface area contributed by atoms with Gasteiger partial charge in [0.1, 0.15) is 5.82 Å². The molecule has 16 heavy (non-hydrogen) atoms. The lowest BCUT2D eigenvalue weighted by molar-refractivity contribution is 0.581. The van der Waals surface area contributed by atoms with Crippen LogP contribution in [0.4, 0.5) is 4.39 Å². The maximum absolute atomic E-state index is 13.0. The molecular formula is C9H7Br2FN4. The first kappa shape index (κ1) is 11.7. The smallest absolute Gasteiger partial charge is 0.218 e. The molecule has 2 heterocycles. The number of aromatic nitrogens is 4. The Balaban J connectivity index is 2.55. The van der Waals surface area contributed by atoms with Crippen molar-refractivity contribution >= 4 is 31.9 Å². The molecule has 0 bridgehead atoms. The highest BCUT2D eigenvalue weighted by atomic mass is 79.9. The van der Waals surface area contributed by atoms with Crippen LogP contribution in [0.1, 0.15) is 17.6 Å². The second kappa shape index (κ2) is 4.58. The van der Waals surface area contributed by atoms with Crippen molar-refractivity contribution in [3.8, 4) is 5.69 Å². The second-order valence-corrected chi connectivity index (χ2v) is 5.19. The predicted molar refractivity (Wildman–Crippen MR) is 64.2 cm³/mol. The molecule has 2 aromatic heterocycles. The minimum atomic E-state index is -0.544. The van der Waals surface area contributed by atoms with Crippen LogP contribution in [0.5, 0.6) is 0 Å². The standard InChI is InChI=1S/C9H7Br2FN4/c1-5(10)8-14-9(11)15-16(8)6-2-3-13-7(12)4-6/h2-5H,1H3. The van der Waals surface area contributed by atoms with Gasteiger partial charge in [0, 0.05) is 12.3 Å². The molecule has 7 heteroatoms. The summed E-state index contributed by atoms with van der Waals surface area (Å²) in [6, 6.07) is 2.98. The molecule has 2 rings (SSSR count). The Morgan fingerprint density at radius 1 is 1.50 bits per heavy atom. The molecule has 0 saturated heterocycles. The number of nitrogens with zero attached hydrogens (tertiary/aromatic N) is 4. The molecule has 0 aliphatic heterocycles. The Labute approximate surface area is 108 Å². The molecule has 0 saturated carbocycles. The number of rotatable bonds is 2. The van der Waals surface area contributed by atoms with E-state index in [0.717, 1.165) is 0 Å². The third-order valence-corrected chi connectivity index (χ3v) is 2.66. The molecule has 0 aliphatic rings. The van der Waals surface area contributed by atoms with Crippen LogP contribution in [0.2, 0.25) is 0 Å². The molecular weight excluding hydrogens is 343 g/mol. The summed E-state index contributed by atoms with van der Waals surface area (Å²) in [5.74, 6) is 0.148. The molecule has 0 spiro atoms. The molecule has 2 aromatic rings. The van der Waals surface area contributed by atoms with Gasteiger partial charge < -0.3 is 0 Å². The van der Waals surface area contributed by atoms with Gasteiger partial charge in [-0.2, -0.15) is 4.39 Å². The van der Waals surface area contributed by atoms with Gasteiger partial charge in [0.2, 0.25) is 10.7 Å². The molecule has 0 radical (unpaired) electrons. The molecule has 0 amide bonds. The highest BCUT2D eigenvalue weighted by molar-refractivity contribution is 9.10. The molecule has 1 unspecified atom stereocenters. The SMILES string of the molecule is CC(Br)c1nc(Br)nn1-c1ccnc(F)c1. The molecule has 84 valence electrons. The maximum Gasteiger partial charge on any atom is 0.218 e. The number of halogens is 3. The first-order valence-corrected chi connectivity index (χ1v) is 6.17. The van der Waals surface area contributed by atoms with Gasteiger partial charge in [0.25, 0.3) is 0 Å². The summed E-state index contributed by atoms with van der Waals surface area (Å²) in [6.07, 6.45) is 1.39. The van der Waals surface area contributed by atoms with Crippen LogP contribution in [0.3, 0.4) is 0 Å². The molecule has 0 aromatic carbocycles. The fourth-order valence-corrected chi connectivity index (χ4v) is 1.91. The lowest BCUT2D eigenvalue weighted by atomic mass is 10.4. The van der Waals surface area contributed by atoms with Gasteiger partial charge in [-0.25, -0.2) is 14.6 Å². The number of alkyl halides is 1. The van der Waals surface area contributed by atoms with Gasteiger partial charge >= 0.3 is 0 Å². The van der Waals surface area contributed by atoms with E-state index in [1.807, 2.05) is 6.92 Å². The topological polar surface area (TPSA) is 43.6 Å². The van der Waals surface area contributed by atoms with E-state index in [0.29, 0.717) is 16.2 Å². The van der Waals surface area contributed by atoms with E-state index in [-0.39, 0.29) is 4.83 Å². The van der Waals surface area contributed by atoms with Gasteiger partial charge in [-0.1, -0.05) is 15.9 Å². The highest BCUT2D eigenvalue weighted by Gasteiger charge is 2.14. The first-order valence-electron chi connectivity index (χ1n) is 4.46. The Morgan fingerprint density at radius 3 is 2.88 bits per heavy atom. The van der Waals surface area contributed by atoms with Gasteiger partial charge in [-0.05, 0) is 28.9 Å². The van der Waals surface area contributed by atoms with E-state index >= 15 is 0 Å². The zero-order chi connectivity index (χ0) is 11.7. The number of pyridine rings is 1. The average Bonchev–Trinajstić information content (AvgIpc) is 2.60. The summed E-state index contributed by atoms with van der Waals surface area (Å²) in [5, 5.41) is 4.14. The average molecular weight is 350 g/mol. The third-order valence-electron chi connectivity index (χ3n) is 1.92. The van der Waals surface area contributed by atoms with Crippen LogP contribution < -0.4 is 0 Å². The van der Waals surface area contributed by atoms with Crippen LogP contribution in [0, 0.1) is 5.95 Å². The fraction of sp³-hybridized carbons (Fsp3) is 0.222. The lowest BCUT2D eigenvalue weighted by Gasteiger charge is -2.06. The monoisotopic (exact) mass is 348 g/mol. The largest absolute Gasteiger partial charge is 0.228 e. The minimum absolute atomic E-state index is 0.0162. The van der Waals surface area contributed by atoms with Crippen molar-refractivity contribution in [3.63, 3.8) is 0 Å². The van der Waals surface area contributed by atoms with E-state index in [4.69, 9.17) is 0 Å². The van der Waals surface area contributed by atoms with Gasteiger partial charge in [0.05, 0.1) is 10.5 Å². The first-order chi connectivity index (χ1) is 7.58. The van der Waals surface area contributed by atoms with E-state index in [9.17, 15) is 4.39 Å². The van der Waals surface area contributed by atoms with Crippen molar-refractivity contribution < 1.29 is 4.39 Å². The van der Waals surface area contributed by atoms with E-state index in [1.54, 1.807) is 10.7 Å². The van der Waals surface area contributed by atoms with E-state index < -0.39 is 5.95 Å². The summed E-state index contributed by atoms with van der Waals surface area (Å²) in [5.41, 5.74) is 0.590. The van der Waals surface area contributed by atoms with Gasteiger partial charge in [-0.15, -0.1) is 5.10 Å². The van der Waals surface area contributed by atoms with E-state index in [1.165, 1.54) is 12.3 Å². The Hall–Kier alpha value is -0.820. The lowest BCUT2D eigenvalue weighted by Crippen LogP contribution is -2.04. The fourth-order valence-electron chi connectivity index (χ4n) is 1.27. The third kappa shape index (κ3) is 2.30. The van der Waals surface area contributed by atoms with Crippen molar-refractivity contribution in [1.82, 2.24) is 19.7 Å². The summed E-state index contributed by atoms with van der Waals surface area (Å²) in [6.45, 7) is 1.92. The van der Waals surface area contributed by atoms with Crippen LogP contribution in [-0.4, -0.2) is 19.7 Å². The number of hydrogen-bond donors (Lipinski definition) is 0. The van der Waals surface area contributed by atoms with Crippen LogP contribution in [0.25, 0.3) is 5.69 Å². The Morgan fingerprint density at radius 2 is 2.25 bits per heavy atom. The summed E-state index contributed by atoms with van der Waals surface area (Å²) < 4.78 is 15.0. The Bertz CT molecular complexity index is 512. The van der Waals surface area contributed by atoms with Crippen molar-refractivity contribution in [2.45, 2.75) is 11.8 Å². The number of hydrogen-bond acceptors (Lipinski definition) is 3. The quantitative estimate of drug-likeness (QED) is 0.618. The molecule has 4 nitrogen and oxygen atoms in total. The summed E-state index contributed by atoms with van der Waals surface area (Å²) in [4.78, 5) is 7.71. The van der Waals surface area contributed by atoms with Crippen molar-refractivity contribution in [2.24, 2.45) is 0 Å². The second-order valence-electron chi connectivity index (χ2n) is 3.10. The Kier molecular flexibility index (Phi) is 3.34. The zero-order valence-corrected chi connectivity index (χ0v) is 11.4. The highest BCUT2D eigenvalue weighted by Crippen LogP contribution is 2.23. The van der Waals surface area contributed by atoms with Crippen molar-refractivity contribution in [2.75, 3.05) is 0 Å². The summed E-state index contributed by atoms with van der Waals surface area (Å²) >= 11 is 6.60. The normalized spacial score (nSPS) is 12.8. The minimum Gasteiger partial charge on any atom is -0.228 e. The van der Waals surface area contributed by atoms with Crippen molar-refractivity contribution in [1.29, 1.82) is 0 Å². The van der Waals surface area contributed by atoms with Gasteiger partial charge in [-0.3, -0.25) is 0 Å². The van der Waals surface area contributed by atoms with Crippen LogP contribution in [0.15, 0.2) is 23.1 Å². The zero-order valence-electron chi connectivity index (χ0n) is 8.23. The van der Waals surface area contributed by atoms with E-state index in [2.05, 4.69) is 46.9 Å².